The van der Waals surface area contributed by atoms with E-state index in [0.29, 0.717) is 17.9 Å². The number of nitrogens with zero attached hydrogens (tertiary/aromatic N) is 5. The van der Waals surface area contributed by atoms with Crippen LogP contribution in [0.1, 0.15) is 21.7 Å². The Hall–Kier alpha value is -3.42. The summed E-state index contributed by atoms with van der Waals surface area (Å²) in [5, 5.41) is 22.1. The molecule has 0 bridgehead atoms. The van der Waals surface area contributed by atoms with Gasteiger partial charge in [-0.2, -0.15) is 0 Å². The number of hydrogen-bond acceptors (Lipinski definition) is 6. The van der Waals surface area contributed by atoms with E-state index in [1.165, 1.54) is 16.8 Å². The Morgan fingerprint density at radius 1 is 1.08 bits per heavy atom. The summed E-state index contributed by atoms with van der Waals surface area (Å²) in [7, 11) is 0. The molecule has 1 heterocycles. The first kappa shape index (κ1) is 15.5. The summed E-state index contributed by atoms with van der Waals surface area (Å²) >= 11 is 0. The van der Waals surface area contributed by atoms with E-state index >= 15 is 0 Å². The molecule has 8 heteroatoms. The molecule has 0 N–H and O–H groups in total. The molecule has 1 aromatic heterocycles. The van der Waals surface area contributed by atoms with Crippen LogP contribution < -0.4 is 0 Å². The van der Waals surface area contributed by atoms with Gasteiger partial charge in [0.1, 0.15) is 0 Å². The molecule has 24 heavy (non-hydrogen) atoms. The van der Waals surface area contributed by atoms with Gasteiger partial charge in [-0.05, 0) is 16.0 Å². The van der Waals surface area contributed by atoms with E-state index in [4.69, 9.17) is 0 Å². The zero-order chi connectivity index (χ0) is 16.9. The Morgan fingerprint density at radius 3 is 2.46 bits per heavy atom. The number of nitro groups is 1. The van der Waals surface area contributed by atoms with Crippen molar-refractivity contribution in [2.24, 2.45) is 0 Å². The predicted octanol–water partition coefficient (Wildman–Crippen LogP) is 2.05. The molecule has 0 saturated heterocycles. The van der Waals surface area contributed by atoms with Gasteiger partial charge in [0.2, 0.25) is 0 Å². The van der Waals surface area contributed by atoms with E-state index < -0.39 is 4.92 Å². The molecule has 120 valence electrons. The fraction of sp³-hybridized carbons (Fsp3) is 0.125. The molecule has 0 unspecified atom stereocenters. The Bertz CT molecular complexity index is 859. The third-order valence-corrected chi connectivity index (χ3v) is 3.50. The van der Waals surface area contributed by atoms with Gasteiger partial charge in [0, 0.05) is 17.7 Å². The SMILES string of the molecule is O=C(Cc1nnnn1Cc1ccc([N+](=O)[O-])cc1)c1ccccc1. The highest BCUT2D eigenvalue weighted by molar-refractivity contribution is 5.97. The van der Waals surface area contributed by atoms with Gasteiger partial charge >= 0.3 is 0 Å². The third-order valence-electron chi connectivity index (χ3n) is 3.50. The number of ketones is 1. The molecule has 3 rings (SSSR count). The first-order chi connectivity index (χ1) is 11.6. The molecular weight excluding hydrogens is 310 g/mol. The van der Waals surface area contributed by atoms with Crippen LogP contribution in [0.25, 0.3) is 0 Å². The van der Waals surface area contributed by atoms with Crippen LogP contribution in [0, 0.1) is 10.1 Å². The van der Waals surface area contributed by atoms with E-state index in [-0.39, 0.29) is 17.9 Å². The van der Waals surface area contributed by atoms with Crippen LogP contribution in [0.3, 0.4) is 0 Å². The molecule has 0 aliphatic heterocycles. The summed E-state index contributed by atoms with van der Waals surface area (Å²) in [6.45, 7) is 0.336. The second kappa shape index (κ2) is 6.78. The van der Waals surface area contributed by atoms with E-state index in [2.05, 4.69) is 15.5 Å². The topological polar surface area (TPSA) is 104 Å². The fourth-order valence-corrected chi connectivity index (χ4v) is 2.24. The summed E-state index contributed by atoms with van der Waals surface area (Å²) in [5.74, 6) is 0.373. The fourth-order valence-electron chi connectivity index (χ4n) is 2.24. The Labute approximate surface area is 136 Å². The lowest BCUT2D eigenvalue weighted by atomic mass is 10.1. The van der Waals surface area contributed by atoms with Crippen LogP contribution >= 0.6 is 0 Å². The quantitative estimate of drug-likeness (QED) is 0.391. The maximum Gasteiger partial charge on any atom is 0.269 e. The molecule has 0 fully saturated rings. The number of benzene rings is 2. The van der Waals surface area contributed by atoms with Crippen molar-refractivity contribution in [2.75, 3.05) is 0 Å². The monoisotopic (exact) mass is 323 g/mol. The maximum absolute atomic E-state index is 12.3. The van der Waals surface area contributed by atoms with E-state index in [1.54, 1.807) is 36.4 Å². The second-order valence-electron chi connectivity index (χ2n) is 5.14. The molecule has 0 aliphatic rings. The Kier molecular flexibility index (Phi) is 4.37. The average Bonchev–Trinajstić information content (AvgIpc) is 3.03. The number of rotatable bonds is 6. The summed E-state index contributed by atoms with van der Waals surface area (Å²) in [4.78, 5) is 22.5. The van der Waals surface area contributed by atoms with E-state index in [9.17, 15) is 14.9 Å². The Morgan fingerprint density at radius 2 is 1.79 bits per heavy atom. The highest BCUT2D eigenvalue weighted by atomic mass is 16.6. The Balaban J connectivity index is 1.73. The van der Waals surface area contributed by atoms with Gasteiger partial charge in [0.25, 0.3) is 5.69 Å². The van der Waals surface area contributed by atoms with E-state index in [1.807, 2.05) is 6.07 Å². The molecular formula is C16H13N5O3. The van der Waals surface area contributed by atoms with Gasteiger partial charge in [0.15, 0.2) is 11.6 Å². The smallest absolute Gasteiger partial charge is 0.269 e. The van der Waals surface area contributed by atoms with Gasteiger partial charge in [-0.1, -0.05) is 42.5 Å². The minimum absolute atomic E-state index is 0.0231. The number of nitro benzene ring substituents is 1. The number of carbonyl (C=O) groups is 1. The van der Waals surface area contributed by atoms with Crippen molar-refractivity contribution in [3.63, 3.8) is 0 Å². The van der Waals surface area contributed by atoms with Gasteiger partial charge < -0.3 is 0 Å². The van der Waals surface area contributed by atoms with Crippen LogP contribution in [0.2, 0.25) is 0 Å². The predicted molar refractivity (Wildman–Crippen MR) is 84.5 cm³/mol. The molecule has 8 nitrogen and oxygen atoms in total. The number of Topliss-reactive ketones (excluding diaryl/α,β-unsaturated/α-hetero) is 1. The van der Waals surface area contributed by atoms with Gasteiger partial charge in [-0.3, -0.25) is 14.9 Å². The number of carbonyl (C=O) groups excluding carboxylic acids is 1. The zero-order valence-corrected chi connectivity index (χ0v) is 12.6. The number of aromatic nitrogens is 4. The average molecular weight is 323 g/mol. The maximum atomic E-state index is 12.3. The van der Waals surface area contributed by atoms with Crippen LogP contribution in [-0.2, 0) is 13.0 Å². The van der Waals surface area contributed by atoms with Gasteiger partial charge in [-0.25, -0.2) is 4.68 Å². The molecule has 0 radical (unpaired) electrons. The minimum Gasteiger partial charge on any atom is -0.294 e. The van der Waals surface area contributed by atoms with Crippen molar-refractivity contribution >= 4 is 11.5 Å². The lowest BCUT2D eigenvalue weighted by Gasteiger charge is -2.05. The minimum atomic E-state index is -0.454. The van der Waals surface area contributed by atoms with Crippen LogP contribution in [0.4, 0.5) is 5.69 Å². The lowest BCUT2D eigenvalue weighted by molar-refractivity contribution is -0.384. The first-order valence-corrected chi connectivity index (χ1v) is 7.20. The number of hydrogen-bond donors (Lipinski definition) is 0. The van der Waals surface area contributed by atoms with Gasteiger partial charge in [0.05, 0.1) is 17.9 Å². The highest BCUT2D eigenvalue weighted by Crippen LogP contribution is 2.13. The molecule has 0 atom stereocenters. The molecule has 0 saturated carbocycles. The normalized spacial score (nSPS) is 10.5. The van der Waals surface area contributed by atoms with Crippen LogP contribution in [-0.4, -0.2) is 30.9 Å². The molecule has 0 spiro atoms. The van der Waals surface area contributed by atoms with Crippen molar-refractivity contribution < 1.29 is 9.72 Å². The summed E-state index contributed by atoms with van der Waals surface area (Å²) in [5.41, 5.74) is 1.43. The van der Waals surface area contributed by atoms with E-state index in [0.717, 1.165) is 5.56 Å². The van der Waals surface area contributed by atoms with Crippen LogP contribution in [0.15, 0.2) is 54.6 Å². The third kappa shape index (κ3) is 3.49. The van der Waals surface area contributed by atoms with Crippen molar-refractivity contribution in [1.29, 1.82) is 0 Å². The zero-order valence-electron chi connectivity index (χ0n) is 12.6. The largest absolute Gasteiger partial charge is 0.294 e. The molecule has 0 aliphatic carbocycles. The lowest BCUT2D eigenvalue weighted by Crippen LogP contribution is -2.12. The summed E-state index contributed by atoms with van der Waals surface area (Å²) in [6.07, 6.45) is 0.0873. The van der Waals surface area contributed by atoms with Crippen LogP contribution in [0.5, 0.6) is 0 Å². The molecule has 2 aromatic carbocycles. The van der Waals surface area contributed by atoms with Crippen molar-refractivity contribution in [3.8, 4) is 0 Å². The van der Waals surface area contributed by atoms with Crippen molar-refractivity contribution in [1.82, 2.24) is 20.2 Å². The summed E-state index contributed by atoms with van der Waals surface area (Å²) < 4.78 is 1.52. The molecule has 3 aromatic rings. The standard InChI is InChI=1S/C16H13N5O3/c22-15(13-4-2-1-3-5-13)10-16-17-18-19-20(16)11-12-6-8-14(9-7-12)21(23)24/h1-9H,10-11H2. The van der Waals surface area contributed by atoms with Gasteiger partial charge in [-0.15, -0.1) is 5.10 Å². The van der Waals surface area contributed by atoms with Crippen molar-refractivity contribution in [3.05, 3.63) is 81.7 Å². The number of non-ortho nitro benzene ring substituents is 1. The first-order valence-electron chi connectivity index (χ1n) is 7.20. The number of tetrazole rings is 1. The van der Waals surface area contributed by atoms with Crippen molar-refractivity contribution in [2.45, 2.75) is 13.0 Å². The second-order valence-corrected chi connectivity index (χ2v) is 5.14. The highest BCUT2D eigenvalue weighted by Gasteiger charge is 2.14. The summed E-state index contributed by atoms with van der Waals surface area (Å²) in [6, 6.07) is 15.1. The molecule has 0 amide bonds.